The Kier molecular flexibility index (Phi) is 4.83. The average Bonchev–Trinajstić information content (AvgIpc) is 2.47. The Morgan fingerprint density at radius 1 is 1.30 bits per heavy atom. The van der Waals surface area contributed by atoms with Crippen molar-refractivity contribution in [2.75, 3.05) is 20.1 Å². The molecule has 5 heteroatoms. The van der Waals surface area contributed by atoms with Gasteiger partial charge in [-0.2, -0.15) is 4.31 Å². The molecule has 2 unspecified atom stereocenters. The van der Waals surface area contributed by atoms with Crippen LogP contribution in [0.3, 0.4) is 0 Å². The highest BCUT2D eigenvalue weighted by Gasteiger charge is 2.31. The fraction of sp³-hybridized carbons (Fsp3) is 0.600. The Morgan fingerprint density at radius 3 is 2.55 bits per heavy atom. The fourth-order valence-corrected chi connectivity index (χ4v) is 4.23. The van der Waals surface area contributed by atoms with E-state index in [-0.39, 0.29) is 0 Å². The summed E-state index contributed by atoms with van der Waals surface area (Å²) in [6.45, 7) is 5.32. The lowest BCUT2D eigenvalue weighted by atomic mass is 9.93. The molecule has 112 valence electrons. The third kappa shape index (κ3) is 3.22. The number of nitrogens with one attached hydrogen (secondary N) is 1. The normalized spacial score (nSPS) is 22.6. The van der Waals surface area contributed by atoms with Crippen LogP contribution < -0.4 is 5.32 Å². The number of aryl methyl sites for hydroxylation is 1. The van der Waals surface area contributed by atoms with Crippen LogP contribution in [0.15, 0.2) is 29.2 Å². The Hall–Kier alpha value is -0.910. The topological polar surface area (TPSA) is 49.4 Å². The molecule has 1 fully saturated rings. The van der Waals surface area contributed by atoms with E-state index < -0.39 is 10.0 Å². The van der Waals surface area contributed by atoms with Gasteiger partial charge in [0, 0.05) is 19.1 Å². The van der Waals surface area contributed by atoms with Gasteiger partial charge in [0.15, 0.2) is 0 Å². The van der Waals surface area contributed by atoms with Crippen molar-refractivity contribution in [3.05, 3.63) is 29.8 Å². The lowest BCUT2D eigenvalue weighted by Gasteiger charge is -2.34. The van der Waals surface area contributed by atoms with Crippen molar-refractivity contribution in [2.24, 2.45) is 5.92 Å². The molecule has 4 nitrogen and oxygen atoms in total. The van der Waals surface area contributed by atoms with Gasteiger partial charge in [0.25, 0.3) is 0 Å². The van der Waals surface area contributed by atoms with E-state index in [9.17, 15) is 8.42 Å². The maximum absolute atomic E-state index is 12.7. The molecule has 2 rings (SSSR count). The highest BCUT2D eigenvalue weighted by atomic mass is 32.2. The van der Waals surface area contributed by atoms with Crippen LogP contribution in [0.2, 0.25) is 0 Å². The minimum Gasteiger partial charge on any atom is -0.317 e. The van der Waals surface area contributed by atoms with Crippen LogP contribution in [0.5, 0.6) is 0 Å². The predicted octanol–water partition coefficient (Wildman–Crippen LogP) is 2.00. The number of benzene rings is 1. The van der Waals surface area contributed by atoms with E-state index in [2.05, 4.69) is 12.2 Å². The van der Waals surface area contributed by atoms with Gasteiger partial charge >= 0.3 is 0 Å². The van der Waals surface area contributed by atoms with Crippen LogP contribution >= 0.6 is 0 Å². The SMILES string of the molecule is CNC(C)C1CCCN(S(=O)(=O)c2ccc(C)cc2)C1. The predicted molar refractivity (Wildman–Crippen MR) is 81.2 cm³/mol. The molecule has 0 amide bonds. The monoisotopic (exact) mass is 296 g/mol. The summed E-state index contributed by atoms with van der Waals surface area (Å²) in [6, 6.07) is 7.45. The van der Waals surface area contributed by atoms with Crippen LogP contribution in [0.1, 0.15) is 25.3 Å². The standard InChI is InChI=1S/C15H24N2O2S/c1-12-6-8-15(9-7-12)20(18,19)17-10-4-5-14(11-17)13(2)16-3/h6-9,13-14,16H,4-5,10-11H2,1-3H3. The van der Waals surface area contributed by atoms with Crippen molar-refractivity contribution >= 4 is 10.0 Å². The van der Waals surface area contributed by atoms with Crippen LogP contribution in [0, 0.1) is 12.8 Å². The summed E-state index contributed by atoms with van der Waals surface area (Å²) in [5.41, 5.74) is 1.07. The highest BCUT2D eigenvalue weighted by molar-refractivity contribution is 7.89. The van der Waals surface area contributed by atoms with Gasteiger partial charge in [-0.1, -0.05) is 17.7 Å². The summed E-state index contributed by atoms with van der Waals surface area (Å²) < 4.78 is 27.0. The van der Waals surface area contributed by atoms with E-state index in [4.69, 9.17) is 0 Å². The lowest BCUT2D eigenvalue weighted by molar-refractivity contribution is 0.229. The first kappa shape index (κ1) is 15.5. The van der Waals surface area contributed by atoms with Crippen LogP contribution in [0.25, 0.3) is 0 Å². The maximum atomic E-state index is 12.7. The van der Waals surface area contributed by atoms with Gasteiger partial charge in [-0.25, -0.2) is 8.42 Å². The Balaban J connectivity index is 2.19. The van der Waals surface area contributed by atoms with Crippen LogP contribution in [-0.2, 0) is 10.0 Å². The first-order chi connectivity index (χ1) is 9.45. The van der Waals surface area contributed by atoms with E-state index in [1.807, 2.05) is 26.1 Å². The molecule has 0 saturated carbocycles. The van der Waals surface area contributed by atoms with Crippen molar-refractivity contribution in [2.45, 2.75) is 37.6 Å². The fourth-order valence-electron chi connectivity index (χ4n) is 2.70. The van der Waals surface area contributed by atoms with Gasteiger partial charge in [-0.05, 0) is 51.8 Å². The van der Waals surface area contributed by atoms with Gasteiger partial charge in [-0.15, -0.1) is 0 Å². The zero-order valence-corrected chi connectivity index (χ0v) is 13.3. The van der Waals surface area contributed by atoms with Gasteiger partial charge in [0.1, 0.15) is 0 Å². The minimum atomic E-state index is -3.35. The third-order valence-electron chi connectivity index (χ3n) is 4.24. The van der Waals surface area contributed by atoms with Crippen molar-refractivity contribution in [1.82, 2.24) is 9.62 Å². The molecule has 0 bridgehead atoms. The first-order valence-electron chi connectivity index (χ1n) is 7.19. The summed E-state index contributed by atoms with van der Waals surface area (Å²) >= 11 is 0. The molecule has 1 aliphatic heterocycles. The summed E-state index contributed by atoms with van der Waals surface area (Å²) in [4.78, 5) is 0.404. The molecule has 1 N–H and O–H groups in total. The zero-order chi connectivity index (χ0) is 14.8. The molecule has 0 aliphatic carbocycles. The number of piperidine rings is 1. The Labute approximate surface area is 122 Å². The van der Waals surface area contributed by atoms with Gasteiger partial charge in [0.05, 0.1) is 4.90 Å². The molecule has 0 spiro atoms. The smallest absolute Gasteiger partial charge is 0.243 e. The molecule has 1 saturated heterocycles. The largest absolute Gasteiger partial charge is 0.317 e. The summed E-state index contributed by atoms with van der Waals surface area (Å²) in [6.07, 6.45) is 2.02. The van der Waals surface area contributed by atoms with E-state index >= 15 is 0 Å². The number of nitrogens with zero attached hydrogens (tertiary/aromatic N) is 1. The molecule has 1 aliphatic rings. The van der Waals surface area contributed by atoms with Crippen molar-refractivity contribution in [3.8, 4) is 0 Å². The van der Waals surface area contributed by atoms with Gasteiger partial charge in [0.2, 0.25) is 10.0 Å². The molecule has 1 aromatic rings. The van der Waals surface area contributed by atoms with Crippen molar-refractivity contribution in [1.29, 1.82) is 0 Å². The van der Waals surface area contributed by atoms with Crippen LogP contribution in [0.4, 0.5) is 0 Å². The second-order valence-electron chi connectivity index (χ2n) is 5.66. The summed E-state index contributed by atoms with van der Waals surface area (Å²) in [5.74, 6) is 0.383. The quantitative estimate of drug-likeness (QED) is 0.924. The van der Waals surface area contributed by atoms with Gasteiger partial charge < -0.3 is 5.32 Å². The van der Waals surface area contributed by atoms with E-state index in [1.54, 1.807) is 16.4 Å². The number of hydrogen-bond acceptors (Lipinski definition) is 3. The molecule has 0 radical (unpaired) electrons. The van der Waals surface area contributed by atoms with Crippen LogP contribution in [-0.4, -0.2) is 38.9 Å². The molecule has 20 heavy (non-hydrogen) atoms. The minimum absolute atomic E-state index is 0.339. The first-order valence-corrected chi connectivity index (χ1v) is 8.63. The molecule has 1 aromatic carbocycles. The average molecular weight is 296 g/mol. The second kappa shape index (κ2) is 6.24. The van der Waals surface area contributed by atoms with Crippen molar-refractivity contribution in [3.63, 3.8) is 0 Å². The molecular formula is C15H24N2O2S. The Morgan fingerprint density at radius 2 is 1.95 bits per heavy atom. The van der Waals surface area contributed by atoms with E-state index in [1.165, 1.54) is 0 Å². The number of rotatable bonds is 4. The molecule has 0 aromatic heterocycles. The number of hydrogen-bond donors (Lipinski definition) is 1. The van der Waals surface area contributed by atoms with E-state index in [0.717, 1.165) is 18.4 Å². The highest BCUT2D eigenvalue weighted by Crippen LogP contribution is 2.25. The molecule has 2 atom stereocenters. The summed E-state index contributed by atoms with van der Waals surface area (Å²) in [7, 11) is -1.42. The zero-order valence-electron chi connectivity index (χ0n) is 12.5. The third-order valence-corrected chi connectivity index (χ3v) is 6.12. The van der Waals surface area contributed by atoms with E-state index in [0.29, 0.717) is 29.9 Å². The number of sulfonamides is 1. The molecular weight excluding hydrogens is 272 g/mol. The van der Waals surface area contributed by atoms with Gasteiger partial charge in [-0.3, -0.25) is 0 Å². The lowest BCUT2D eigenvalue weighted by Crippen LogP contribution is -2.45. The second-order valence-corrected chi connectivity index (χ2v) is 7.59. The maximum Gasteiger partial charge on any atom is 0.243 e. The molecule has 1 heterocycles. The summed E-state index contributed by atoms with van der Waals surface area (Å²) in [5, 5.41) is 3.23. The van der Waals surface area contributed by atoms with Crippen molar-refractivity contribution < 1.29 is 8.42 Å². The Bertz CT molecular complexity index is 539.